The van der Waals surface area contributed by atoms with Gasteiger partial charge >= 0.3 is 12.1 Å². The van der Waals surface area contributed by atoms with Crippen LogP contribution in [0.25, 0.3) is 0 Å². The van der Waals surface area contributed by atoms with Crippen molar-refractivity contribution >= 4 is 29.6 Å². The number of ether oxygens (including phenoxy) is 2. The van der Waals surface area contributed by atoms with E-state index in [2.05, 4.69) is 10.2 Å². The molecule has 220 valence electrons. The topological polar surface area (TPSA) is 108 Å². The Labute approximate surface area is 241 Å². The SMILES string of the molecule is C[C@H](CC(=O)OCc1ccccc1)NC(=O)CN1CCc2ccc(N3CCN(C(=O)OC(C)(C)C)CC3)cc2C1=O. The van der Waals surface area contributed by atoms with E-state index >= 15 is 0 Å². The van der Waals surface area contributed by atoms with Crippen LogP contribution in [0.1, 0.15) is 55.6 Å². The number of esters is 1. The van der Waals surface area contributed by atoms with Crippen molar-refractivity contribution < 1.29 is 28.7 Å². The minimum Gasteiger partial charge on any atom is -0.461 e. The number of nitrogens with one attached hydrogen (secondary N) is 1. The summed E-state index contributed by atoms with van der Waals surface area (Å²) in [5.74, 6) is -0.908. The van der Waals surface area contributed by atoms with Crippen LogP contribution in [-0.2, 0) is 32.1 Å². The van der Waals surface area contributed by atoms with Gasteiger partial charge in [0.1, 0.15) is 12.2 Å². The first kappa shape index (κ1) is 29.9. The minimum atomic E-state index is -0.539. The van der Waals surface area contributed by atoms with Crippen molar-refractivity contribution in [2.75, 3.05) is 44.2 Å². The average Bonchev–Trinajstić information content (AvgIpc) is 2.93. The van der Waals surface area contributed by atoms with Crippen LogP contribution in [0, 0.1) is 0 Å². The predicted molar refractivity (Wildman–Crippen MR) is 155 cm³/mol. The van der Waals surface area contributed by atoms with Gasteiger partial charge in [-0.05, 0) is 57.4 Å². The Kier molecular flexibility index (Phi) is 9.52. The maximum absolute atomic E-state index is 13.3. The van der Waals surface area contributed by atoms with Crippen LogP contribution < -0.4 is 10.2 Å². The molecule has 0 aliphatic carbocycles. The molecule has 2 aromatic rings. The van der Waals surface area contributed by atoms with Crippen LogP contribution in [0.4, 0.5) is 10.5 Å². The Bertz CT molecular complexity index is 1250. The third kappa shape index (κ3) is 8.45. The maximum Gasteiger partial charge on any atom is 0.410 e. The molecule has 0 saturated carbocycles. The third-order valence-corrected chi connectivity index (χ3v) is 7.02. The molecule has 3 amide bonds. The number of fused-ring (bicyclic) bond motifs is 1. The molecule has 0 unspecified atom stereocenters. The first-order valence-electron chi connectivity index (χ1n) is 14.1. The molecule has 10 nitrogen and oxygen atoms in total. The van der Waals surface area contributed by atoms with Gasteiger partial charge in [-0.3, -0.25) is 14.4 Å². The fourth-order valence-electron chi connectivity index (χ4n) is 4.92. The second kappa shape index (κ2) is 13.1. The molecule has 10 heteroatoms. The lowest BCUT2D eigenvalue weighted by Gasteiger charge is -2.37. The van der Waals surface area contributed by atoms with Crippen molar-refractivity contribution in [3.8, 4) is 0 Å². The minimum absolute atomic E-state index is 0.0416. The number of benzene rings is 2. The summed E-state index contributed by atoms with van der Waals surface area (Å²) in [6.07, 6.45) is 0.382. The fourth-order valence-corrected chi connectivity index (χ4v) is 4.92. The molecular formula is C31H40N4O6. The second-order valence-corrected chi connectivity index (χ2v) is 11.6. The summed E-state index contributed by atoms with van der Waals surface area (Å²) in [5.41, 5.74) is 2.82. The first-order chi connectivity index (χ1) is 19.5. The number of carbonyl (C=O) groups is 4. The van der Waals surface area contributed by atoms with Crippen LogP contribution in [0.2, 0.25) is 0 Å². The Morgan fingerprint density at radius 3 is 2.37 bits per heavy atom. The van der Waals surface area contributed by atoms with Crippen molar-refractivity contribution in [2.45, 2.75) is 58.8 Å². The van der Waals surface area contributed by atoms with E-state index < -0.39 is 17.6 Å². The summed E-state index contributed by atoms with van der Waals surface area (Å²) in [4.78, 5) is 56.0. The van der Waals surface area contributed by atoms with E-state index in [0.29, 0.717) is 44.7 Å². The molecule has 2 aliphatic rings. The molecule has 2 aromatic carbocycles. The van der Waals surface area contributed by atoms with Gasteiger partial charge in [-0.2, -0.15) is 0 Å². The summed E-state index contributed by atoms with van der Waals surface area (Å²) in [7, 11) is 0. The van der Waals surface area contributed by atoms with E-state index in [0.717, 1.165) is 16.8 Å². The number of hydrogen-bond donors (Lipinski definition) is 1. The van der Waals surface area contributed by atoms with Crippen molar-refractivity contribution in [1.82, 2.24) is 15.1 Å². The van der Waals surface area contributed by atoms with Gasteiger partial charge in [0.15, 0.2) is 0 Å². The zero-order valence-corrected chi connectivity index (χ0v) is 24.4. The summed E-state index contributed by atoms with van der Waals surface area (Å²) >= 11 is 0. The molecule has 2 heterocycles. The summed E-state index contributed by atoms with van der Waals surface area (Å²) in [6, 6.07) is 14.8. The number of hydrogen-bond acceptors (Lipinski definition) is 7. The molecule has 0 aromatic heterocycles. The van der Waals surface area contributed by atoms with E-state index in [9.17, 15) is 19.2 Å². The van der Waals surface area contributed by atoms with E-state index in [1.807, 2.05) is 69.3 Å². The van der Waals surface area contributed by atoms with Crippen LogP contribution in [0.5, 0.6) is 0 Å². The monoisotopic (exact) mass is 564 g/mol. The summed E-state index contributed by atoms with van der Waals surface area (Å²) < 4.78 is 10.8. The quantitative estimate of drug-likeness (QED) is 0.490. The molecular weight excluding hydrogens is 524 g/mol. The molecule has 41 heavy (non-hydrogen) atoms. The molecule has 1 N–H and O–H groups in total. The Hall–Kier alpha value is -4.08. The van der Waals surface area contributed by atoms with Crippen molar-refractivity contribution in [1.29, 1.82) is 0 Å². The zero-order chi connectivity index (χ0) is 29.6. The van der Waals surface area contributed by atoms with Crippen LogP contribution in [0.15, 0.2) is 48.5 Å². The standard InChI is InChI=1S/C31H40N4O6/c1-22(18-28(37)40-21-23-8-6-5-7-9-23)32-27(36)20-35-13-12-24-10-11-25(19-26(24)29(35)38)33-14-16-34(17-15-33)30(39)41-31(2,3)4/h5-11,19,22H,12-18,20-21H2,1-4H3,(H,32,36)/t22-/m1/s1. The number of nitrogens with zero attached hydrogens (tertiary/aromatic N) is 3. The lowest BCUT2D eigenvalue weighted by Crippen LogP contribution is -2.50. The summed E-state index contributed by atoms with van der Waals surface area (Å²) in [5, 5.41) is 2.81. The highest BCUT2D eigenvalue weighted by molar-refractivity contribution is 5.99. The molecule has 2 aliphatic heterocycles. The highest BCUT2D eigenvalue weighted by Crippen LogP contribution is 2.26. The highest BCUT2D eigenvalue weighted by Gasteiger charge is 2.29. The van der Waals surface area contributed by atoms with Gasteiger partial charge in [0.05, 0.1) is 13.0 Å². The Morgan fingerprint density at radius 2 is 1.68 bits per heavy atom. The largest absolute Gasteiger partial charge is 0.461 e. The summed E-state index contributed by atoms with van der Waals surface area (Å²) in [6.45, 7) is 10.2. The van der Waals surface area contributed by atoms with Crippen molar-refractivity contribution in [3.63, 3.8) is 0 Å². The molecule has 0 bridgehead atoms. The number of amides is 3. The predicted octanol–water partition coefficient (Wildman–Crippen LogP) is 3.38. The van der Waals surface area contributed by atoms with E-state index in [4.69, 9.17) is 9.47 Å². The van der Waals surface area contributed by atoms with E-state index in [-0.39, 0.29) is 37.5 Å². The number of carbonyl (C=O) groups excluding carboxylic acids is 4. The van der Waals surface area contributed by atoms with Gasteiger partial charge in [0.25, 0.3) is 5.91 Å². The lowest BCUT2D eigenvalue weighted by molar-refractivity contribution is -0.145. The normalized spacial score (nSPS) is 16.1. The van der Waals surface area contributed by atoms with Crippen molar-refractivity contribution in [3.05, 3.63) is 65.2 Å². The molecule has 1 atom stereocenters. The average molecular weight is 565 g/mol. The van der Waals surface area contributed by atoms with Gasteiger partial charge in [-0.15, -0.1) is 0 Å². The number of anilines is 1. The van der Waals surface area contributed by atoms with Gasteiger partial charge in [0, 0.05) is 50.0 Å². The first-order valence-corrected chi connectivity index (χ1v) is 14.1. The van der Waals surface area contributed by atoms with Crippen LogP contribution in [-0.4, -0.2) is 84.6 Å². The maximum atomic E-state index is 13.3. The van der Waals surface area contributed by atoms with Gasteiger partial charge < -0.3 is 29.5 Å². The third-order valence-electron chi connectivity index (χ3n) is 7.02. The van der Waals surface area contributed by atoms with Gasteiger partial charge in [0.2, 0.25) is 5.91 Å². The number of piperazine rings is 1. The Morgan fingerprint density at radius 1 is 0.976 bits per heavy atom. The van der Waals surface area contributed by atoms with Crippen molar-refractivity contribution in [2.24, 2.45) is 0 Å². The molecule has 0 spiro atoms. The second-order valence-electron chi connectivity index (χ2n) is 11.6. The molecule has 0 radical (unpaired) electrons. The van der Waals surface area contributed by atoms with Gasteiger partial charge in [-0.1, -0.05) is 36.4 Å². The smallest absolute Gasteiger partial charge is 0.410 e. The zero-order valence-electron chi connectivity index (χ0n) is 24.4. The molecule has 4 rings (SSSR count). The Balaban J connectivity index is 1.26. The van der Waals surface area contributed by atoms with E-state index in [1.54, 1.807) is 16.7 Å². The van der Waals surface area contributed by atoms with Crippen LogP contribution in [0.3, 0.4) is 0 Å². The highest BCUT2D eigenvalue weighted by atomic mass is 16.6. The van der Waals surface area contributed by atoms with Gasteiger partial charge in [-0.25, -0.2) is 4.79 Å². The molecule has 1 fully saturated rings. The van der Waals surface area contributed by atoms with E-state index in [1.165, 1.54) is 0 Å². The van der Waals surface area contributed by atoms with Crippen LogP contribution >= 0.6 is 0 Å². The molecule has 1 saturated heterocycles. The number of rotatable bonds is 8. The fraction of sp³-hybridized carbons (Fsp3) is 0.484. The lowest BCUT2D eigenvalue weighted by atomic mass is 9.97.